The number of rotatable bonds is 6. The molecule has 1 aromatic rings. The number of ether oxygens (including phenoxy) is 1. The summed E-state index contributed by atoms with van der Waals surface area (Å²) in [6.45, 7) is 3.60. The molecule has 1 N–H and O–H groups in total. The van der Waals surface area contributed by atoms with Gasteiger partial charge >= 0.3 is 0 Å². The van der Waals surface area contributed by atoms with Crippen LogP contribution in [0.2, 0.25) is 0 Å². The van der Waals surface area contributed by atoms with E-state index in [9.17, 15) is 0 Å². The molecule has 0 aliphatic carbocycles. The first-order valence-corrected chi connectivity index (χ1v) is 5.54. The van der Waals surface area contributed by atoms with E-state index in [1.165, 1.54) is 0 Å². The van der Waals surface area contributed by atoms with Crippen molar-refractivity contribution in [3.63, 3.8) is 0 Å². The monoisotopic (exact) mass is 213 g/mol. The van der Waals surface area contributed by atoms with Gasteiger partial charge in [0.1, 0.15) is 5.03 Å². The lowest BCUT2D eigenvalue weighted by molar-refractivity contribution is 0.218. The molecular formula is C9H15N3OS. The lowest BCUT2D eigenvalue weighted by Crippen LogP contribution is -2.02. The van der Waals surface area contributed by atoms with Crippen LogP contribution in [-0.2, 0) is 4.74 Å². The van der Waals surface area contributed by atoms with Gasteiger partial charge in [-0.1, -0.05) is 0 Å². The van der Waals surface area contributed by atoms with Crippen molar-refractivity contribution < 1.29 is 4.74 Å². The first kappa shape index (κ1) is 11.3. The molecule has 1 rings (SSSR count). The van der Waals surface area contributed by atoms with Gasteiger partial charge in [0.25, 0.3) is 0 Å². The molecule has 1 heterocycles. The van der Waals surface area contributed by atoms with Gasteiger partial charge in [0.05, 0.1) is 6.61 Å². The summed E-state index contributed by atoms with van der Waals surface area (Å²) in [4.78, 5) is 8.41. The average Bonchev–Trinajstić information content (AvgIpc) is 2.19. The Bertz CT molecular complexity index is 270. The van der Waals surface area contributed by atoms with E-state index in [0.29, 0.717) is 5.95 Å². The number of methoxy groups -OCH3 is 1. The van der Waals surface area contributed by atoms with Gasteiger partial charge in [-0.05, 0) is 13.0 Å². The number of aromatic nitrogens is 2. The quantitative estimate of drug-likeness (QED) is 0.442. The number of nitrogens with zero attached hydrogens (tertiary/aromatic N) is 2. The summed E-state index contributed by atoms with van der Waals surface area (Å²) >= 11 is 1.67. The summed E-state index contributed by atoms with van der Waals surface area (Å²) in [5, 5.41) is 4.05. The number of anilines is 1. The highest BCUT2D eigenvalue weighted by Crippen LogP contribution is 2.15. The van der Waals surface area contributed by atoms with Crippen molar-refractivity contribution in [2.75, 3.05) is 31.3 Å². The molecule has 0 aliphatic heterocycles. The topological polar surface area (TPSA) is 47.0 Å². The van der Waals surface area contributed by atoms with Crippen LogP contribution in [0, 0.1) is 0 Å². The van der Waals surface area contributed by atoms with Gasteiger partial charge in [-0.2, -0.15) is 0 Å². The summed E-state index contributed by atoms with van der Waals surface area (Å²) in [5.74, 6) is 1.61. The molecule has 0 radical (unpaired) electrons. The summed E-state index contributed by atoms with van der Waals surface area (Å²) < 4.78 is 4.96. The van der Waals surface area contributed by atoms with Crippen molar-refractivity contribution in [3.8, 4) is 0 Å². The molecule has 0 spiro atoms. The van der Waals surface area contributed by atoms with Crippen molar-refractivity contribution in [2.45, 2.75) is 11.9 Å². The minimum atomic E-state index is 0.690. The summed E-state index contributed by atoms with van der Waals surface area (Å²) in [6, 6.07) is 1.90. The van der Waals surface area contributed by atoms with E-state index in [0.717, 1.165) is 23.9 Å². The third-order valence-corrected chi connectivity index (χ3v) is 2.40. The van der Waals surface area contributed by atoms with Crippen LogP contribution in [0.1, 0.15) is 6.92 Å². The van der Waals surface area contributed by atoms with E-state index in [1.807, 2.05) is 13.0 Å². The first-order chi connectivity index (χ1) is 6.86. The predicted molar refractivity (Wildman–Crippen MR) is 58.8 cm³/mol. The van der Waals surface area contributed by atoms with Gasteiger partial charge in [0.2, 0.25) is 5.95 Å². The largest absolute Gasteiger partial charge is 0.384 e. The van der Waals surface area contributed by atoms with Crippen LogP contribution in [0.15, 0.2) is 17.3 Å². The fourth-order valence-electron chi connectivity index (χ4n) is 0.895. The highest BCUT2D eigenvalue weighted by molar-refractivity contribution is 7.99. The third-order valence-electron chi connectivity index (χ3n) is 1.50. The van der Waals surface area contributed by atoms with Crippen LogP contribution >= 0.6 is 11.8 Å². The first-order valence-electron chi connectivity index (χ1n) is 4.55. The Hall–Kier alpha value is -0.810. The Morgan fingerprint density at radius 1 is 1.57 bits per heavy atom. The van der Waals surface area contributed by atoms with E-state index in [2.05, 4.69) is 15.3 Å². The summed E-state index contributed by atoms with van der Waals surface area (Å²) in [5.41, 5.74) is 0. The van der Waals surface area contributed by atoms with Crippen LogP contribution in [0.3, 0.4) is 0 Å². The molecule has 14 heavy (non-hydrogen) atoms. The molecule has 0 aliphatic rings. The van der Waals surface area contributed by atoms with E-state index < -0.39 is 0 Å². The van der Waals surface area contributed by atoms with Crippen molar-refractivity contribution in [1.29, 1.82) is 0 Å². The molecule has 1 aromatic heterocycles. The van der Waals surface area contributed by atoms with E-state index in [1.54, 1.807) is 25.1 Å². The average molecular weight is 213 g/mol. The van der Waals surface area contributed by atoms with E-state index >= 15 is 0 Å². The molecule has 0 amide bonds. The van der Waals surface area contributed by atoms with E-state index in [-0.39, 0.29) is 0 Å². The molecule has 4 nitrogen and oxygen atoms in total. The molecule has 5 heteroatoms. The minimum Gasteiger partial charge on any atom is -0.384 e. The van der Waals surface area contributed by atoms with Crippen molar-refractivity contribution in [1.82, 2.24) is 9.97 Å². The lowest BCUT2D eigenvalue weighted by atomic mass is 10.6. The van der Waals surface area contributed by atoms with Crippen LogP contribution in [0.25, 0.3) is 0 Å². The molecule has 0 fully saturated rings. The van der Waals surface area contributed by atoms with Gasteiger partial charge in [-0.15, -0.1) is 11.8 Å². The van der Waals surface area contributed by atoms with Crippen molar-refractivity contribution >= 4 is 17.7 Å². The SMILES string of the molecule is CCNc1nccc(SCCOC)n1. The van der Waals surface area contributed by atoms with Crippen LogP contribution in [0.5, 0.6) is 0 Å². The molecule has 0 bridgehead atoms. The third kappa shape index (κ3) is 3.93. The van der Waals surface area contributed by atoms with Gasteiger partial charge < -0.3 is 10.1 Å². The fourth-order valence-corrected chi connectivity index (χ4v) is 1.66. The summed E-state index contributed by atoms with van der Waals surface area (Å²) in [6.07, 6.45) is 1.76. The number of nitrogens with one attached hydrogen (secondary N) is 1. The van der Waals surface area contributed by atoms with Crippen molar-refractivity contribution in [3.05, 3.63) is 12.3 Å². The second kappa shape index (κ2) is 6.62. The summed E-state index contributed by atoms with van der Waals surface area (Å²) in [7, 11) is 1.70. The molecule has 0 saturated heterocycles. The van der Waals surface area contributed by atoms with Gasteiger partial charge in [0.15, 0.2) is 0 Å². The fraction of sp³-hybridized carbons (Fsp3) is 0.556. The van der Waals surface area contributed by atoms with Gasteiger partial charge in [-0.25, -0.2) is 9.97 Å². The Morgan fingerprint density at radius 3 is 3.14 bits per heavy atom. The number of hydrogen-bond donors (Lipinski definition) is 1. The maximum atomic E-state index is 4.96. The lowest BCUT2D eigenvalue weighted by Gasteiger charge is -2.03. The smallest absolute Gasteiger partial charge is 0.223 e. The highest BCUT2D eigenvalue weighted by Gasteiger charge is 1.98. The molecule has 0 aromatic carbocycles. The minimum absolute atomic E-state index is 0.690. The van der Waals surface area contributed by atoms with Gasteiger partial charge in [0, 0.05) is 25.6 Å². The molecule has 78 valence electrons. The molecular weight excluding hydrogens is 198 g/mol. The van der Waals surface area contributed by atoms with Crippen LogP contribution in [0.4, 0.5) is 5.95 Å². The number of hydrogen-bond acceptors (Lipinski definition) is 5. The Labute approximate surface area is 88.5 Å². The zero-order valence-electron chi connectivity index (χ0n) is 8.49. The van der Waals surface area contributed by atoms with Crippen LogP contribution in [-0.4, -0.2) is 36.0 Å². The Morgan fingerprint density at radius 2 is 2.43 bits per heavy atom. The maximum Gasteiger partial charge on any atom is 0.223 e. The highest BCUT2D eigenvalue weighted by atomic mass is 32.2. The molecule has 0 unspecified atom stereocenters. The van der Waals surface area contributed by atoms with Crippen molar-refractivity contribution in [2.24, 2.45) is 0 Å². The Kier molecular flexibility index (Phi) is 5.32. The van der Waals surface area contributed by atoms with Crippen LogP contribution < -0.4 is 5.32 Å². The second-order valence-electron chi connectivity index (χ2n) is 2.59. The zero-order valence-corrected chi connectivity index (χ0v) is 9.30. The standard InChI is InChI=1S/C9H15N3OS/c1-3-10-9-11-5-4-8(12-9)14-7-6-13-2/h4-5H,3,6-7H2,1-2H3,(H,10,11,12). The predicted octanol–water partition coefficient (Wildman–Crippen LogP) is 1.65. The molecule has 0 atom stereocenters. The second-order valence-corrected chi connectivity index (χ2v) is 3.71. The van der Waals surface area contributed by atoms with E-state index in [4.69, 9.17) is 4.74 Å². The maximum absolute atomic E-state index is 4.96. The Balaban J connectivity index is 2.46. The number of thioether (sulfide) groups is 1. The zero-order chi connectivity index (χ0) is 10.2. The molecule has 0 saturated carbocycles. The normalized spacial score (nSPS) is 10.1. The van der Waals surface area contributed by atoms with Gasteiger partial charge in [-0.3, -0.25) is 0 Å².